The monoisotopic (exact) mass is 247 g/mol. The quantitative estimate of drug-likeness (QED) is 0.813. The van der Waals surface area contributed by atoms with Gasteiger partial charge in [0.1, 0.15) is 0 Å². The van der Waals surface area contributed by atoms with Crippen LogP contribution in [0.25, 0.3) is 11.5 Å². The minimum atomic E-state index is 0.487. The van der Waals surface area contributed by atoms with E-state index in [-0.39, 0.29) is 0 Å². The van der Waals surface area contributed by atoms with E-state index < -0.39 is 0 Å². The lowest BCUT2D eigenvalue weighted by Crippen LogP contribution is -1.98. The van der Waals surface area contributed by atoms with E-state index in [1.54, 1.807) is 13.2 Å². The Kier molecular flexibility index (Phi) is 3.92. The first-order chi connectivity index (χ1) is 8.69. The predicted molar refractivity (Wildman–Crippen MR) is 67.2 cm³/mol. The summed E-state index contributed by atoms with van der Waals surface area (Å²) in [5, 5.41) is 3.61. The van der Waals surface area contributed by atoms with Crippen LogP contribution >= 0.6 is 0 Å². The first kappa shape index (κ1) is 12.5. The van der Waals surface area contributed by atoms with E-state index in [4.69, 9.17) is 9.26 Å². The van der Waals surface area contributed by atoms with Gasteiger partial charge in [-0.05, 0) is 24.8 Å². The van der Waals surface area contributed by atoms with E-state index in [1.807, 2.05) is 6.07 Å². The van der Waals surface area contributed by atoms with Gasteiger partial charge in [0.25, 0.3) is 5.89 Å². The van der Waals surface area contributed by atoms with E-state index in [9.17, 15) is 0 Å². The highest BCUT2D eigenvalue weighted by Gasteiger charge is 2.09. The normalized spacial score (nSPS) is 10.9. The maximum absolute atomic E-state index is 5.20. The lowest BCUT2D eigenvalue weighted by molar-refractivity contribution is 0.394. The van der Waals surface area contributed by atoms with Gasteiger partial charge >= 0.3 is 0 Å². The number of aryl methyl sites for hydroxylation is 1. The van der Waals surface area contributed by atoms with Gasteiger partial charge in [-0.2, -0.15) is 4.98 Å². The third-order valence-electron chi connectivity index (χ3n) is 2.65. The van der Waals surface area contributed by atoms with Gasteiger partial charge in [-0.1, -0.05) is 19.0 Å². The van der Waals surface area contributed by atoms with Crippen LogP contribution in [-0.4, -0.2) is 22.2 Å². The van der Waals surface area contributed by atoms with Crippen molar-refractivity contribution in [2.24, 2.45) is 5.92 Å². The second-order valence-corrected chi connectivity index (χ2v) is 4.57. The Hall–Kier alpha value is -1.91. The van der Waals surface area contributed by atoms with E-state index in [2.05, 4.69) is 29.0 Å². The molecule has 0 saturated heterocycles. The van der Waals surface area contributed by atoms with Gasteiger partial charge in [0.05, 0.1) is 7.11 Å². The highest BCUT2D eigenvalue weighted by atomic mass is 16.5. The lowest BCUT2D eigenvalue weighted by Gasteiger charge is -2.07. The Morgan fingerprint density at radius 1 is 1.33 bits per heavy atom. The smallest absolute Gasteiger partial charge is 0.257 e. The largest absolute Gasteiger partial charge is 0.481 e. The second kappa shape index (κ2) is 5.62. The van der Waals surface area contributed by atoms with Gasteiger partial charge < -0.3 is 9.26 Å². The molecular formula is C13H17N3O2. The average Bonchev–Trinajstić information content (AvgIpc) is 2.89. The van der Waals surface area contributed by atoms with Crippen molar-refractivity contribution in [3.63, 3.8) is 0 Å². The van der Waals surface area contributed by atoms with Crippen molar-refractivity contribution >= 4 is 0 Å². The molecule has 5 heteroatoms. The number of ether oxygens (including phenoxy) is 1. The van der Waals surface area contributed by atoms with E-state index >= 15 is 0 Å². The molecule has 2 rings (SSSR count). The first-order valence-electron chi connectivity index (χ1n) is 6.01. The molecule has 0 aliphatic rings. The number of pyridine rings is 1. The van der Waals surface area contributed by atoms with Gasteiger partial charge in [0, 0.05) is 17.3 Å². The van der Waals surface area contributed by atoms with Crippen molar-refractivity contribution in [2.75, 3.05) is 7.11 Å². The van der Waals surface area contributed by atoms with Crippen LogP contribution in [0.2, 0.25) is 0 Å². The standard InChI is InChI=1S/C13H17N3O2/c1-9(2)4-5-11-6-10(7-12(16-11)17-3)13-14-8-15-18-13/h6-9H,4-5H2,1-3H3. The molecule has 2 heterocycles. The topological polar surface area (TPSA) is 61.0 Å². The van der Waals surface area contributed by atoms with Crippen molar-refractivity contribution in [3.8, 4) is 17.3 Å². The van der Waals surface area contributed by atoms with Crippen LogP contribution in [0.3, 0.4) is 0 Å². The zero-order chi connectivity index (χ0) is 13.0. The number of hydrogen-bond donors (Lipinski definition) is 0. The zero-order valence-electron chi connectivity index (χ0n) is 10.9. The van der Waals surface area contributed by atoms with Crippen LogP contribution < -0.4 is 4.74 Å². The van der Waals surface area contributed by atoms with Gasteiger partial charge in [-0.3, -0.25) is 0 Å². The highest BCUT2D eigenvalue weighted by Crippen LogP contribution is 2.22. The van der Waals surface area contributed by atoms with Gasteiger partial charge in [0.2, 0.25) is 5.88 Å². The Morgan fingerprint density at radius 2 is 2.17 bits per heavy atom. The molecule has 2 aromatic rings. The molecule has 0 bridgehead atoms. The van der Waals surface area contributed by atoms with Crippen LogP contribution in [0.4, 0.5) is 0 Å². The fourth-order valence-electron chi connectivity index (χ4n) is 1.65. The molecule has 0 atom stereocenters. The molecule has 0 saturated carbocycles. The Bertz CT molecular complexity index is 495. The van der Waals surface area contributed by atoms with Crippen molar-refractivity contribution in [1.29, 1.82) is 0 Å². The van der Waals surface area contributed by atoms with Crippen molar-refractivity contribution in [2.45, 2.75) is 26.7 Å². The summed E-state index contributed by atoms with van der Waals surface area (Å²) in [7, 11) is 1.60. The summed E-state index contributed by atoms with van der Waals surface area (Å²) in [5.41, 5.74) is 1.83. The second-order valence-electron chi connectivity index (χ2n) is 4.57. The molecular weight excluding hydrogens is 230 g/mol. The summed E-state index contributed by atoms with van der Waals surface area (Å²) >= 11 is 0. The number of nitrogens with zero attached hydrogens (tertiary/aromatic N) is 3. The van der Waals surface area contributed by atoms with Crippen LogP contribution in [0.1, 0.15) is 26.0 Å². The molecule has 0 spiro atoms. The summed E-state index contributed by atoms with van der Waals surface area (Å²) < 4.78 is 10.3. The summed E-state index contributed by atoms with van der Waals surface area (Å²) in [6, 6.07) is 3.77. The van der Waals surface area contributed by atoms with Gasteiger partial charge in [-0.25, -0.2) is 4.98 Å². The SMILES string of the molecule is COc1cc(-c2ncno2)cc(CCC(C)C)n1. The van der Waals surface area contributed by atoms with Crippen LogP contribution in [-0.2, 0) is 6.42 Å². The van der Waals surface area contributed by atoms with E-state index in [0.29, 0.717) is 17.7 Å². The molecule has 0 aliphatic carbocycles. The maximum Gasteiger partial charge on any atom is 0.257 e. The van der Waals surface area contributed by atoms with Gasteiger partial charge in [0.15, 0.2) is 6.33 Å². The minimum Gasteiger partial charge on any atom is -0.481 e. The molecule has 0 radical (unpaired) electrons. The lowest BCUT2D eigenvalue weighted by atomic mass is 10.1. The highest BCUT2D eigenvalue weighted by molar-refractivity contribution is 5.54. The molecule has 96 valence electrons. The third kappa shape index (κ3) is 3.06. The fourth-order valence-corrected chi connectivity index (χ4v) is 1.65. The molecule has 0 N–H and O–H groups in total. The molecule has 0 fully saturated rings. The van der Waals surface area contributed by atoms with Crippen LogP contribution in [0.15, 0.2) is 23.0 Å². The third-order valence-corrected chi connectivity index (χ3v) is 2.65. The maximum atomic E-state index is 5.20. The molecule has 2 aromatic heterocycles. The van der Waals surface area contributed by atoms with E-state index in [0.717, 1.165) is 24.1 Å². The number of hydrogen-bond acceptors (Lipinski definition) is 5. The number of aromatic nitrogens is 3. The van der Waals surface area contributed by atoms with Gasteiger partial charge in [-0.15, -0.1) is 0 Å². The summed E-state index contributed by atoms with van der Waals surface area (Å²) in [6.45, 7) is 4.39. The summed E-state index contributed by atoms with van der Waals surface area (Å²) in [4.78, 5) is 8.46. The Balaban J connectivity index is 2.27. The zero-order valence-corrected chi connectivity index (χ0v) is 10.9. The van der Waals surface area contributed by atoms with E-state index in [1.165, 1.54) is 6.33 Å². The molecule has 18 heavy (non-hydrogen) atoms. The summed E-state index contributed by atoms with van der Waals surface area (Å²) in [5.74, 6) is 1.70. The number of rotatable bonds is 5. The number of methoxy groups -OCH3 is 1. The first-order valence-corrected chi connectivity index (χ1v) is 6.01. The average molecular weight is 247 g/mol. The Morgan fingerprint density at radius 3 is 2.78 bits per heavy atom. The Labute approximate surface area is 106 Å². The molecule has 0 amide bonds. The van der Waals surface area contributed by atoms with Crippen LogP contribution in [0.5, 0.6) is 5.88 Å². The summed E-state index contributed by atoms with van der Waals surface area (Å²) in [6.07, 6.45) is 3.38. The van der Waals surface area contributed by atoms with Crippen LogP contribution in [0, 0.1) is 5.92 Å². The predicted octanol–water partition coefficient (Wildman–Crippen LogP) is 2.73. The van der Waals surface area contributed by atoms with Crippen molar-refractivity contribution < 1.29 is 9.26 Å². The molecule has 0 aromatic carbocycles. The van der Waals surface area contributed by atoms with Crippen molar-refractivity contribution in [3.05, 3.63) is 24.2 Å². The molecule has 5 nitrogen and oxygen atoms in total. The minimum absolute atomic E-state index is 0.487. The van der Waals surface area contributed by atoms with Crippen molar-refractivity contribution in [1.82, 2.24) is 15.1 Å². The fraction of sp³-hybridized carbons (Fsp3) is 0.462. The molecule has 0 unspecified atom stereocenters. The molecule has 0 aliphatic heterocycles.